The molecule has 0 bridgehead atoms. The fourth-order valence-electron chi connectivity index (χ4n) is 3.71. The molecule has 7 heteroatoms. The van der Waals surface area contributed by atoms with Crippen LogP contribution in [0.1, 0.15) is 19.8 Å². The molecule has 1 unspecified atom stereocenters. The summed E-state index contributed by atoms with van der Waals surface area (Å²) in [6, 6.07) is 11.3. The Kier molecular flexibility index (Phi) is 5.41. The maximum absolute atomic E-state index is 12.7. The number of likely N-dealkylation sites (tertiary alicyclic amines) is 1. The predicted molar refractivity (Wildman–Crippen MR) is 108 cm³/mol. The van der Waals surface area contributed by atoms with Crippen LogP contribution in [0.25, 0.3) is 11.2 Å². The number of carbonyl (C=O) groups excluding carboxylic acids is 1. The molecule has 1 aliphatic heterocycles. The van der Waals surface area contributed by atoms with Crippen LogP contribution in [0, 0.1) is 5.92 Å². The first-order valence-electron chi connectivity index (χ1n) is 9.77. The Morgan fingerprint density at radius 3 is 2.93 bits per heavy atom. The van der Waals surface area contributed by atoms with Crippen molar-refractivity contribution in [2.24, 2.45) is 5.92 Å². The second-order valence-electron chi connectivity index (χ2n) is 7.08. The van der Waals surface area contributed by atoms with Gasteiger partial charge in [-0.3, -0.25) is 0 Å². The average Bonchev–Trinajstić information content (AvgIpc) is 3.13. The third-order valence-corrected chi connectivity index (χ3v) is 5.05. The summed E-state index contributed by atoms with van der Waals surface area (Å²) < 4.78 is 7.53. The molecule has 0 aliphatic carbocycles. The van der Waals surface area contributed by atoms with Gasteiger partial charge in [-0.15, -0.1) is 0 Å². The van der Waals surface area contributed by atoms with Crippen LogP contribution >= 0.6 is 0 Å². The highest BCUT2D eigenvalue weighted by Crippen LogP contribution is 2.22. The highest BCUT2D eigenvalue weighted by Gasteiger charge is 2.24. The molecule has 1 N–H and O–H groups in total. The van der Waals surface area contributed by atoms with Crippen molar-refractivity contribution in [3.63, 3.8) is 0 Å². The molecule has 1 saturated heterocycles. The molecule has 0 radical (unpaired) electrons. The Morgan fingerprint density at radius 1 is 1.25 bits per heavy atom. The average molecular weight is 379 g/mol. The van der Waals surface area contributed by atoms with E-state index in [1.807, 2.05) is 54.5 Å². The zero-order valence-corrected chi connectivity index (χ0v) is 16.0. The number of rotatable bonds is 5. The lowest BCUT2D eigenvalue weighted by molar-refractivity contribution is 0.171. The molecule has 7 nitrogen and oxygen atoms in total. The first-order chi connectivity index (χ1) is 13.7. The van der Waals surface area contributed by atoms with Crippen molar-refractivity contribution in [2.45, 2.75) is 26.3 Å². The van der Waals surface area contributed by atoms with Crippen molar-refractivity contribution < 1.29 is 9.53 Å². The Labute approximate surface area is 164 Å². The number of fused-ring (bicyclic) bond motifs is 1. The van der Waals surface area contributed by atoms with Crippen molar-refractivity contribution in [1.29, 1.82) is 0 Å². The fraction of sp³-hybridized carbons (Fsp3) is 0.381. The van der Waals surface area contributed by atoms with Gasteiger partial charge in [0.15, 0.2) is 5.65 Å². The van der Waals surface area contributed by atoms with Gasteiger partial charge in [0.25, 0.3) is 0 Å². The Bertz CT molecular complexity index is 937. The van der Waals surface area contributed by atoms with Gasteiger partial charge >= 0.3 is 6.03 Å². The normalized spacial score (nSPS) is 16.9. The van der Waals surface area contributed by atoms with Crippen molar-refractivity contribution in [1.82, 2.24) is 19.4 Å². The number of nitrogens with zero attached hydrogens (tertiary/aromatic N) is 4. The van der Waals surface area contributed by atoms with Crippen LogP contribution < -0.4 is 10.1 Å². The summed E-state index contributed by atoms with van der Waals surface area (Å²) in [5.41, 5.74) is 2.59. The maximum Gasteiger partial charge on any atom is 0.321 e. The van der Waals surface area contributed by atoms with Gasteiger partial charge in [-0.05, 0) is 62.1 Å². The molecule has 1 aliphatic rings. The highest BCUT2D eigenvalue weighted by atomic mass is 16.5. The van der Waals surface area contributed by atoms with E-state index < -0.39 is 0 Å². The maximum atomic E-state index is 12.7. The second kappa shape index (κ2) is 8.29. The van der Waals surface area contributed by atoms with Gasteiger partial charge in [-0.25, -0.2) is 14.8 Å². The molecular weight excluding hydrogens is 354 g/mol. The smallest absolute Gasteiger partial charge is 0.321 e. The number of imidazole rings is 1. The number of hydrogen-bond donors (Lipinski definition) is 1. The van der Waals surface area contributed by atoms with E-state index in [-0.39, 0.29) is 6.03 Å². The number of hydrogen-bond acceptors (Lipinski definition) is 4. The third-order valence-electron chi connectivity index (χ3n) is 5.05. The molecule has 3 aromatic rings. The lowest BCUT2D eigenvalue weighted by Crippen LogP contribution is -2.43. The van der Waals surface area contributed by atoms with Crippen molar-refractivity contribution in [3.05, 3.63) is 48.9 Å². The largest absolute Gasteiger partial charge is 0.494 e. The van der Waals surface area contributed by atoms with E-state index >= 15 is 0 Å². The van der Waals surface area contributed by atoms with E-state index in [9.17, 15) is 4.79 Å². The zero-order valence-electron chi connectivity index (χ0n) is 16.0. The Balaban J connectivity index is 1.37. The topological polar surface area (TPSA) is 72.3 Å². The molecule has 2 aromatic heterocycles. The van der Waals surface area contributed by atoms with Crippen LogP contribution in [0.3, 0.4) is 0 Å². The molecule has 3 heterocycles. The molecule has 146 valence electrons. The second-order valence-corrected chi connectivity index (χ2v) is 7.08. The van der Waals surface area contributed by atoms with E-state index in [0.717, 1.165) is 55.1 Å². The van der Waals surface area contributed by atoms with Gasteiger partial charge < -0.3 is 19.5 Å². The number of urea groups is 1. The SMILES string of the molecule is CCOc1ccc(NC(=O)N2CCCC(Cn3cnc4cccnc43)C2)cc1. The summed E-state index contributed by atoms with van der Waals surface area (Å²) in [6.45, 7) is 4.91. The van der Waals surface area contributed by atoms with Gasteiger partial charge in [0.05, 0.1) is 12.9 Å². The minimum Gasteiger partial charge on any atom is -0.494 e. The van der Waals surface area contributed by atoms with Crippen LogP contribution in [0.4, 0.5) is 10.5 Å². The summed E-state index contributed by atoms with van der Waals surface area (Å²) >= 11 is 0. The summed E-state index contributed by atoms with van der Waals surface area (Å²) in [5.74, 6) is 1.19. The van der Waals surface area contributed by atoms with E-state index in [4.69, 9.17) is 4.74 Å². The molecule has 4 rings (SSSR count). The highest BCUT2D eigenvalue weighted by molar-refractivity contribution is 5.89. The standard InChI is InChI=1S/C21H25N5O2/c1-2-28-18-9-7-17(8-10-18)24-21(27)25-12-4-5-16(13-25)14-26-15-23-19-6-3-11-22-20(19)26/h3,6-11,15-16H,2,4-5,12-14H2,1H3,(H,24,27). The minimum absolute atomic E-state index is 0.0533. The zero-order chi connectivity index (χ0) is 19.3. The lowest BCUT2D eigenvalue weighted by Gasteiger charge is -2.33. The Morgan fingerprint density at radius 2 is 2.11 bits per heavy atom. The molecule has 0 saturated carbocycles. The van der Waals surface area contributed by atoms with E-state index in [1.165, 1.54) is 0 Å². The van der Waals surface area contributed by atoms with Gasteiger partial charge in [0.2, 0.25) is 0 Å². The van der Waals surface area contributed by atoms with Crippen molar-refractivity contribution in [2.75, 3.05) is 25.0 Å². The van der Waals surface area contributed by atoms with Gasteiger partial charge in [0.1, 0.15) is 11.3 Å². The summed E-state index contributed by atoms with van der Waals surface area (Å²) in [4.78, 5) is 23.4. The predicted octanol–water partition coefficient (Wildman–Crippen LogP) is 3.77. The number of benzene rings is 1. The molecule has 1 fully saturated rings. The molecule has 1 atom stereocenters. The quantitative estimate of drug-likeness (QED) is 0.732. The molecule has 28 heavy (non-hydrogen) atoms. The fourth-order valence-corrected chi connectivity index (χ4v) is 3.71. The Hall–Kier alpha value is -3.09. The first-order valence-corrected chi connectivity index (χ1v) is 9.77. The number of anilines is 1. The lowest BCUT2D eigenvalue weighted by atomic mass is 9.98. The molecule has 1 aromatic carbocycles. The minimum atomic E-state index is -0.0533. The van der Waals surface area contributed by atoms with E-state index in [0.29, 0.717) is 12.5 Å². The van der Waals surface area contributed by atoms with Crippen molar-refractivity contribution >= 4 is 22.9 Å². The van der Waals surface area contributed by atoms with Crippen LogP contribution in [-0.2, 0) is 6.54 Å². The first kappa shape index (κ1) is 18.3. The number of carbonyl (C=O) groups is 1. The summed E-state index contributed by atoms with van der Waals surface area (Å²) in [7, 11) is 0. The van der Waals surface area contributed by atoms with Crippen LogP contribution in [0.15, 0.2) is 48.9 Å². The van der Waals surface area contributed by atoms with Gasteiger partial charge in [0, 0.05) is 31.5 Å². The molecule has 2 amide bonds. The monoisotopic (exact) mass is 379 g/mol. The molecular formula is C21H25N5O2. The third kappa shape index (κ3) is 4.08. The van der Waals surface area contributed by atoms with Crippen molar-refractivity contribution in [3.8, 4) is 5.75 Å². The number of nitrogens with one attached hydrogen (secondary N) is 1. The summed E-state index contributed by atoms with van der Waals surface area (Å²) in [5, 5.41) is 2.99. The van der Waals surface area contributed by atoms with Crippen LogP contribution in [-0.4, -0.2) is 45.2 Å². The van der Waals surface area contributed by atoms with Gasteiger partial charge in [-0.1, -0.05) is 0 Å². The summed E-state index contributed by atoms with van der Waals surface area (Å²) in [6.07, 6.45) is 5.73. The van der Waals surface area contributed by atoms with E-state index in [1.54, 1.807) is 6.20 Å². The van der Waals surface area contributed by atoms with Crippen LogP contribution in [0.5, 0.6) is 5.75 Å². The number of aromatic nitrogens is 3. The molecule has 0 spiro atoms. The van der Waals surface area contributed by atoms with E-state index in [2.05, 4.69) is 19.9 Å². The number of amides is 2. The number of pyridine rings is 1. The van der Waals surface area contributed by atoms with Gasteiger partial charge in [-0.2, -0.15) is 0 Å². The number of piperidine rings is 1. The number of ether oxygens (including phenoxy) is 1. The van der Waals surface area contributed by atoms with Crippen LogP contribution in [0.2, 0.25) is 0 Å².